The molecule has 0 aliphatic heterocycles. The summed E-state index contributed by atoms with van der Waals surface area (Å²) in [4.78, 5) is 15.7. The normalized spacial score (nSPS) is 11.2. The number of aromatic hydroxyl groups is 2. The van der Waals surface area contributed by atoms with E-state index in [1.807, 2.05) is 0 Å². The van der Waals surface area contributed by atoms with E-state index < -0.39 is 38.9 Å². The number of hydrogen-bond acceptors (Lipinski definition) is 8. The molecule has 0 atom stereocenters. The second-order valence-corrected chi connectivity index (χ2v) is 7.88. The second kappa shape index (κ2) is 6.65. The van der Waals surface area contributed by atoms with Crippen molar-refractivity contribution in [3.63, 3.8) is 0 Å². The molecular weight excluding hydrogens is 382 g/mol. The van der Waals surface area contributed by atoms with Gasteiger partial charge in [-0.2, -0.15) is 8.42 Å². The third-order valence-electron chi connectivity index (χ3n) is 3.25. The van der Waals surface area contributed by atoms with Crippen LogP contribution in [0.15, 0.2) is 52.9 Å². The fourth-order valence-electron chi connectivity index (χ4n) is 2.04. The molecule has 2 heterocycles. The van der Waals surface area contributed by atoms with Crippen molar-refractivity contribution in [2.75, 3.05) is 0 Å². The Bertz CT molecular complexity index is 1080. The van der Waals surface area contributed by atoms with E-state index in [0.29, 0.717) is 10.6 Å². The van der Waals surface area contributed by atoms with Gasteiger partial charge < -0.3 is 19.5 Å². The molecule has 3 rings (SSSR count). The van der Waals surface area contributed by atoms with E-state index in [0.717, 1.165) is 23.5 Å². The second-order valence-electron chi connectivity index (χ2n) is 5.02. The molecule has 0 fully saturated rings. The van der Waals surface area contributed by atoms with Crippen LogP contribution in [-0.4, -0.2) is 34.7 Å². The van der Waals surface area contributed by atoms with Gasteiger partial charge in [-0.15, -0.1) is 11.3 Å². The number of thiophene rings is 1. The van der Waals surface area contributed by atoms with Gasteiger partial charge in [-0.25, -0.2) is 4.79 Å². The first kappa shape index (κ1) is 17.7. The smallest absolute Gasteiger partial charge is 0.348 e. The maximum Gasteiger partial charge on any atom is 0.348 e. The number of phenols is 2. The number of aromatic nitrogens is 1. The first-order chi connectivity index (χ1) is 12.3. The SMILES string of the molecule is O=C(O)c1cc(O)c(O)c(OS(=O)(=O)c2ccc(-c3ccccn3)s2)c1. The number of carboxylic acid groups (broad SMARTS) is 1. The molecule has 0 radical (unpaired) electrons. The van der Waals surface area contributed by atoms with Crippen molar-refractivity contribution in [3.05, 3.63) is 54.2 Å². The highest BCUT2D eigenvalue weighted by atomic mass is 32.3. The molecule has 134 valence electrons. The Labute approximate surface area is 151 Å². The van der Waals surface area contributed by atoms with Gasteiger partial charge in [0, 0.05) is 12.3 Å². The van der Waals surface area contributed by atoms with E-state index in [9.17, 15) is 23.4 Å². The number of hydrogen-bond donors (Lipinski definition) is 3. The molecule has 10 heteroatoms. The van der Waals surface area contributed by atoms with E-state index in [1.54, 1.807) is 30.5 Å². The first-order valence-corrected chi connectivity index (χ1v) is 9.25. The molecule has 0 saturated carbocycles. The van der Waals surface area contributed by atoms with Gasteiger partial charge >= 0.3 is 16.1 Å². The summed E-state index contributed by atoms with van der Waals surface area (Å²) < 4.78 is 29.5. The zero-order valence-electron chi connectivity index (χ0n) is 12.9. The van der Waals surface area contributed by atoms with Crippen molar-refractivity contribution in [3.8, 4) is 27.8 Å². The van der Waals surface area contributed by atoms with Crippen LogP contribution in [0.25, 0.3) is 10.6 Å². The molecule has 0 aliphatic rings. The third kappa shape index (κ3) is 3.46. The highest BCUT2D eigenvalue weighted by Gasteiger charge is 2.24. The van der Waals surface area contributed by atoms with Gasteiger partial charge in [-0.05, 0) is 30.3 Å². The predicted octanol–water partition coefficient (Wildman–Crippen LogP) is 2.69. The summed E-state index contributed by atoms with van der Waals surface area (Å²) in [6.07, 6.45) is 1.57. The van der Waals surface area contributed by atoms with Gasteiger partial charge in [0.25, 0.3) is 0 Å². The fraction of sp³-hybridized carbons (Fsp3) is 0. The summed E-state index contributed by atoms with van der Waals surface area (Å²) in [5.74, 6) is -3.79. The summed E-state index contributed by atoms with van der Waals surface area (Å²) >= 11 is 0.897. The zero-order chi connectivity index (χ0) is 18.9. The number of benzene rings is 1. The Morgan fingerprint density at radius 1 is 1.12 bits per heavy atom. The number of rotatable bonds is 5. The van der Waals surface area contributed by atoms with E-state index in [2.05, 4.69) is 4.98 Å². The molecule has 0 amide bonds. The maximum atomic E-state index is 12.4. The van der Waals surface area contributed by atoms with Crippen LogP contribution < -0.4 is 4.18 Å². The molecule has 0 unspecified atom stereocenters. The monoisotopic (exact) mass is 393 g/mol. The lowest BCUT2D eigenvalue weighted by Crippen LogP contribution is -2.09. The van der Waals surface area contributed by atoms with E-state index in [1.165, 1.54) is 6.07 Å². The van der Waals surface area contributed by atoms with E-state index in [-0.39, 0.29) is 4.21 Å². The summed E-state index contributed by atoms with van der Waals surface area (Å²) in [5.41, 5.74) is 0.137. The Balaban J connectivity index is 1.96. The molecule has 0 spiro atoms. The predicted molar refractivity (Wildman–Crippen MR) is 92.1 cm³/mol. The summed E-state index contributed by atoms with van der Waals surface area (Å²) in [5, 5.41) is 28.3. The highest BCUT2D eigenvalue weighted by molar-refractivity contribution is 7.89. The van der Waals surface area contributed by atoms with Crippen molar-refractivity contribution < 1.29 is 32.7 Å². The van der Waals surface area contributed by atoms with Gasteiger partial charge in [-0.3, -0.25) is 4.98 Å². The van der Waals surface area contributed by atoms with Crippen LogP contribution in [0.2, 0.25) is 0 Å². The van der Waals surface area contributed by atoms with Gasteiger partial charge in [0.2, 0.25) is 5.75 Å². The third-order valence-corrected chi connectivity index (χ3v) is 6.04. The molecule has 8 nitrogen and oxygen atoms in total. The minimum atomic E-state index is -4.36. The van der Waals surface area contributed by atoms with E-state index >= 15 is 0 Å². The van der Waals surface area contributed by atoms with E-state index in [4.69, 9.17) is 9.29 Å². The molecule has 0 bridgehead atoms. The van der Waals surface area contributed by atoms with Crippen LogP contribution in [0, 0.1) is 0 Å². The quantitative estimate of drug-likeness (QED) is 0.445. The number of carbonyl (C=O) groups is 1. The topological polar surface area (TPSA) is 134 Å². The van der Waals surface area contributed by atoms with Gasteiger partial charge in [0.15, 0.2) is 15.7 Å². The van der Waals surface area contributed by atoms with Crippen molar-refractivity contribution >= 4 is 27.4 Å². The molecule has 3 N–H and O–H groups in total. The van der Waals surface area contributed by atoms with Crippen molar-refractivity contribution in [1.82, 2.24) is 4.98 Å². The van der Waals surface area contributed by atoms with Crippen LogP contribution in [0.1, 0.15) is 10.4 Å². The molecule has 3 aromatic rings. The lowest BCUT2D eigenvalue weighted by Gasteiger charge is -2.09. The summed E-state index contributed by atoms with van der Waals surface area (Å²) in [6.45, 7) is 0. The number of pyridine rings is 1. The minimum Gasteiger partial charge on any atom is -0.504 e. The van der Waals surface area contributed by atoms with Crippen LogP contribution in [0.4, 0.5) is 0 Å². The molecule has 1 aromatic carbocycles. The zero-order valence-corrected chi connectivity index (χ0v) is 14.5. The highest BCUT2D eigenvalue weighted by Crippen LogP contribution is 2.39. The van der Waals surface area contributed by atoms with Crippen molar-refractivity contribution in [2.24, 2.45) is 0 Å². The number of nitrogens with zero attached hydrogens (tertiary/aromatic N) is 1. The standard InChI is InChI=1S/C16H11NO7S2/c18-11-7-9(16(20)21)8-12(15(11)19)24-26(22,23)14-5-4-13(25-14)10-3-1-2-6-17-10/h1-8,18-19H,(H,20,21). The lowest BCUT2D eigenvalue weighted by molar-refractivity contribution is 0.0696. The average molecular weight is 393 g/mol. The molecule has 0 aliphatic carbocycles. The van der Waals surface area contributed by atoms with Crippen LogP contribution in [-0.2, 0) is 10.1 Å². The average Bonchev–Trinajstić information content (AvgIpc) is 3.10. The van der Waals surface area contributed by atoms with Crippen LogP contribution in [0.3, 0.4) is 0 Å². The summed E-state index contributed by atoms with van der Waals surface area (Å²) in [6, 6.07) is 9.64. The lowest BCUT2D eigenvalue weighted by atomic mass is 10.2. The van der Waals surface area contributed by atoms with Crippen molar-refractivity contribution in [2.45, 2.75) is 4.21 Å². The molecule has 0 saturated heterocycles. The van der Waals surface area contributed by atoms with Gasteiger partial charge in [-0.1, -0.05) is 6.07 Å². The number of phenolic OH excluding ortho intramolecular Hbond substituents is 2. The Hall–Kier alpha value is -3.11. The number of carboxylic acids is 1. The maximum absolute atomic E-state index is 12.4. The fourth-order valence-corrected chi connectivity index (χ4v) is 4.21. The first-order valence-electron chi connectivity index (χ1n) is 7.03. The van der Waals surface area contributed by atoms with Gasteiger partial charge in [0.1, 0.15) is 0 Å². The minimum absolute atomic E-state index is 0.169. The Kier molecular flexibility index (Phi) is 4.53. The largest absolute Gasteiger partial charge is 0.504 e. The van der Waals surface area contributed by atoms with Crippen LogP contribution >= 0.6 is 11.3 Å². The number of aromatic carboxylic acids is 1. The van der Waals surface area contributed by atoms with Crippen molar-refractivity contribution in [1.29, 1.82) is 0 Å². The summed E-state index contributed by atoms with van der Waals surface area (Å²) in [7, 11) is -4.36. The molecular formula is C16H11NO7S2. The van der Waals surface area contributed by atoms with Crippen LogP contribution in [0.5, 0.6) is 17.2 Å². The Morgan fingerprint density at radius 2 is 1.88 bits per heavy atom. The molecule has 2 aromatic heterocycles. The van der Waals surface area contributed by atoms with Gasteiger partial charge in [0.05, 0.1) is 16.1 Å². The Morgan fingerprint density at radius 3 is 2.54 bits per heavy atom. The molecule has 26 heavy (non-hydrogen) atoms.